The number of benzene rings is 1. The number of carbonyl (C=O) groups excluding carboxylic acids is 1. The van der Waals surface area contributed by atoms with Gasteiger partial charge in [-0.25, -0.2) is 4.39 Å². The Morgan fingerprint density at radius 1 is 1.38 bits per heavy atom. The van der Waals surface area contributed by atoms with Crippen LogP contribution in [0.3, 0.4) is 0 Å². The Morgan fingerprint density at radius 2 is 2.05 bits per heavy atom. The van der Waals surface area contributed by atoms with Crippen LogP contribution in [0.25, 0.3) is 0 Å². The van der Waals surface area contributed by atoms with Crippen molar-refractivity contribution in [2.24, 2.45) is 5.41 Å². The van der Waals surface area contributed by atoms with Crippen LogP contribution in [0.1, 0.15) is 42.9 Å². The van der Waals surface area contributed by atoms with E-state index in [1.807, 2.05) is 0 Å². The fourth-order valence-corrected chi connectivity index (χ4v) is 3.13. The zero-order chi connectivity index (χ0) is 15.5. The van der Waals surface area contributed by atoms with Gasteiger partial charge in [-0.1, -0.05) is 19.1 Å². The molecule has 2 N–H and O–H groups in total. The van der Waals surface area contributed by atoms with E-state index in [1.54, 1.807) is 26.0 Å². The number of amides is 1. The van der Waals surface area contributed by atoms with Gasteiger partial charge in [-0.15, -0.1) is 0 Å². The third kappa shape index (κ3) is 3.43. The Morgan fingerprint density at radius 3 is 2.57 bits per heavy atom. The zero-order valence-electron chi connectivity index (χ0n) is 13.2. The van der Waals surface area contributed by atoms with Crippen LogP contribution in [0.4, 0.5) is 4.39 Å². The summed E-state index contributed by atoms with van der Waals surface area (Å²) in [7, 11) is 0. The summed E-state index contributed by atoms with van der Waals surface area (Å²) in [4.78, 5) is 12.5. The van der Waals surface area contributed by atoms with Crippen molar-refractivity contribution < 1.29 is 9.18 Å². The van der Waals surface area contributed by atoms with Crippen LogP contribution in [-0.4, -0.2) is 19.0 Å². The second-order valence-electron chi connectivity index (χ2n) is 6.14. The molecule has 1 amide bonds. The monoisotopic (exact) mass is 292 g/mol. The van der Waals surface area contributed by atoms with Crippen LogP contribution in [0.5, 0.6) is 0 Å². The van der Waals surface area contributed by atoms with Gasteiger partial charge in [0.1, 0.15) is 5.82 Å². The third-order valence-corrected chi connectivity index (χ3v) is 4.58. The lowest BCUT2D eigenvalue weighted by molar-refractivity contribution is -0.132. The Bertz CT molecular complexity index is 499. The highest BCUT2D eigenvalue weighted by Gasteiger charge is 2.37. The third-order valence-electron chi connectivity index (χ3n) is 4.58. The first-order valence-corrected chi connectivity index (χ1v) is 7.73. The number of hydrogen-bond donors (Lipinski definition) is 2. The summed E-state index contributed by atoms with van der Waals surface area (Å²) in [5.41, 5.74) is 1.92. The number of aryl methyl sites for hydroxylation is 2. The maximum atomic E-state index is 13.6. The molecule has 1 heterocycles. The van der Waals surface area contributed by atoms with Gasteiger partial charge < -0.3 is 10.6 Å². The van der Waals surface area contributed by atoms with E-state index >= 15 is 0 Å². The van der Waals surface area contributed by atoms with E-state index in [0.717, 1.165) is 37.9 Å². The molecule has 3 nitrogen and oxygen atoms in total. The van der Waals surface area contributed by atoms with E-state index < -0.39 is 0 Å². The molecule has 0 aromatic heterocycles. The van der Waals surface area contributed by atoms with E-state index in [9.17, 15) is 9.18 Å². The van der Waals surface area contributed by atoms with Gasteiger partial charge >= 0.3 is 0 Å². The number of carbonyl (C=O) groups is 1. The highest BCUT2D eigenvalue weighted by Crippen LogP contribution is 2.30. The highest BCUT2D eigenvalue weighted by molar-refractivity contribution is 5.83. The second-order valence-corrected chi connectivity index (χ2v) is 6.14. The van der Waals surface area contributed by atoms with E-state index in [4.69, 9.17) is 0 Å². The summed E-state index contributed by atoms with van der Waals surface area (Å²) in [6.07, 6.45) is 2.81. The Labute approximate surface area is 126 Å². The minimum Gasteiger partial charge on any atom is -0.352 e. The molecule has 0 saturated carbocycles. The van der Waals surface area contributed by atoms with Gasteiger partial charge in [-0.3, -0.25) is 4.79 Å². The molecule has 0 aliphatic carbocycles. The van der Waals surface area contributed by atoms with Crippen LogP contribution < -0.4 is 10.6 Å². The average molecular weight is 292 g/mol. The number of halogens is 1. The van der Waals surface area contributed by atoms with Crippen molar-refractivity contribution in [1.29, 1.82) is 0 Å². The fourth-order valence-electron chi connectivity index (χ4n) is 3.13. The lowest BCUT2D eigenvalue weighted by Gasteiger charge is -2.35. The van der Waals surface area contributed by atoms with Gasteiger partial charge in [-0.05, 0) is 56.3 Å². The van der Waals surface area contributed by atoms with Crippen molar-refractivity contribution in [3.8, 4) is 0 Å². The van der Waals surface area contributed by atoms with Crippen LogP contribution >= 0.6 is 0 Å². The molecule has 1 saturated heterocycles. The maximum absolute atomic E-state index is 13.6. The summed E-state index contributed by atoms with van der Waals surface area (Å²) in [6, 6.07) is 3.61. The highest BCUT2D eigenvalue weighted by atomic mass is 19.1. The minimum atomic E-state index is -0.289. The smallest absolute Gasteiger partial charge is 0.227 e. The fraction of sp³-hybridized carbons (Fsp3) is 0.588. The molecule has 0 spiro atoms. The van der Waals surface area contributed by atoms with Gasteiger partial charge in [0.2, 0.25) is 5.91 Å². The van der Waals surface area contributed by atoms with Crippen molar-refractivity contribution in [3.63, 3.8) is 0 Å². The van der Waals surface area contributed by atoms with Gasteiger partial charge in [0.15, 0.2) is 0 Å². The Hall–Kier alpha value is -1.42. The number of hydrogen-bond acceptors (Lipinski definition) is 2. The molecule has 1 aromatic carbocycles. The Kier molecular flexibility index (Phi) is 4.99. The first-order valence-electron chi connectivity index (χ1n) is 7.73. The number of rotatable bonds is 4. The molecule has 0 radical (unpaired) electrons. The summed E-state index contributed by atoms with van der Waals surface area (Å²) in [5, 5.41) is 6.35. The van der Waals surface area contributed by atoms with Gasteiger partial charge in [0.25, 0.3) is 0 Å². The second kappa shape index (κ2) is 6.56. The lowest BCUT2D eigenvalue weighted by Crippen LogP contribution is -2.50. The summed E-state index contributed by atoms with van der Waals surface area (Å²) < 4.78 is 13.6. The molecule has 1 aliphatic rings. The molecule has 116 valence electrons. The van der Waals surface area contributed by atoms with E-state index in [-0.39, 0.29) is 17.1 Å². The van der Waals surface area contributed by atoms with E-state index in [0.29, 0.717) is 17.7 Å². The van der Waals surface area contributed by atoms with Crippen molar-refractivity contribution in [3.05, 3.63) is 34.6 Å². The molecule has 0 bridgehead atoms. The SMILES string of the molecule is CCC1(C(=O)NCc2cc(C)c(F)c(C)c2)CCCNC1. The number of piperidine rings is 1. The summed E-state index contributed by atoms with van der Waals surface area (Å²) >= 11 is 0. The summed E-state index contributed by atoms with van der Waals surface area (Å²) in [6.45, 7) is 7.78. The van der Waals surface area contributed by atoms with E-state index in [2.05, 4.69) is 17.6 Å². The first kappa shape index (κ1) is 16.0. The van der Waals surface area contributed by atoms with Gasteiger partial charge in [0, 0.05) is 13.1 Å². The first-order chi connectivity index (χ1) is 9.98. The van der Waals surface area contributed by atoms with Gasteiger partial charge in [-0.2, -0.15) is 0 Å². The molecular formula is C17H25FN2O. The normalized spacial score (nSPS) is 22.1. The zero-order valence-corrected chi connectivity index (χ0v) is 13.2. The minimum absolute atomic E-state index is 0.108. The largest absolute Gasteiger partial charge is 0.352 e. The quantitative estimate of drug-likeness (QED) is 0.896. The predicted molar refractivity (Wildman–Crippen MR) is 82.5 cm³/mol. The molecule has 1 unspecified atom stereocenters. The molecule has 1 fully saturated rings. The van der Waals surface area contributed by atoms with Crippen LogP contribution in [0, 0.1) is 25.1 Å². The standard InChI is InChI=1S/C17H25FN2O/c1-4-17(6-5-7-19-11-17)16(21)20-10-14-8-12(2)15(18)13(3)9-14/h8-9,19H,4-7,10-11H2,1-3H3,(H,20,21). The molecule has 4 heteroatoms. The lowest BCUT2D eigenvalue weighted by atomic mass is 9.77. The Balaban J connectivity index is 2.03. The molecule has 2 rings (SSSR count). The topological polar surface area (TPSA) is 41.1 Å². The molecule has 1 aromatic rings. The molecule has 1 aliphatic heterocycles. The van der Waals surface area contributed by atoms with Crippen LogP contribution in [0.2, 0.25) is 0 Å². The van der Waals surface area contributed by atoms with Crippen LogP contribution in [0.15, 0.2) is 12.1 Å². The summed E-state index contributed by atoms with van der Waals surface area (Å²) in [5.74, 6) is -0.0524. The number of nitrogens with one attached hydrogen (secondary N) is 2. The molecule has 21 heavy (non-hydrogen) atoms. The molecule has 1 atom stereocenters. The van der Waals surface area contributed by atoms with E-state index in [1.165, 1.54) is 0 Å². The average Bonchev–Trinajstić information content (AvgIpc) is 2.50. The van der Waals surface area contributed by atoms with Crippen LogP contribution in [-0.2, 0) is 11.3 Å². The van der Waals surface area contributed by atoms with Gasteiger partial charge in [0.05, 0.1) is 5.41 Å². The van der Waals surface area contributed by atoms with Crippen molar-refractivity contribution in [2.45, 2.75) is 46.6 Å². The maximum Gasteiger partial charge on any atom is 0.227 e. The molecular weight excluding hydrogens is 267 g/mol. The van der Waals surface area contributed by atoms with Crippen molar-refractivity contribution in [2.75, 3.05) is 13.1 Å². The predicted octanol–water partition coefficient (Wildman–Crippen LogP) is 2.84. The van der Waals surface area contributed by atoms with Crippen molar-refractivity contribution >= 4 is 5.91 Å². The van der Waals surface area contributed by atoms with Crippen molar-refractivity contribution in [1.82, 2.24) is 10.6 Å².